The number of para-hydroxylation sites is 7. The van der Waals surface area contributed by atoms with Crippen molar-refractivity contribution in [2.45, 2.75) is 50.2 Å². The number of allylic oxidation sites excluding steroid dienone is 2. The van der Waals surface area contributed by atoms with Crippen LogP contribution >= 0.6 is 10.9 Å². The summed E-state index contributed by atoms with van der Waals surface area (Å²) in [6, 6.07) is 80.7. The van der Waals surface area contributed by atoms with Crippen LogP contribution in [0.15, 0.2) is 274 Å². The van der Waals surface area contributed by atoms with Gasteiger partial charge < -0.3 is 28.1 Å². The van der Waals surface area contributed by atoms with Gasteiger partial charge in [-0.2, -0.15) is 16.2 Å². The molecule has 0 saturated carbocycles. The van der Waals surface area contributed by atoms with Gasteiger partial charge in [0.25, 0.3) is 0 Å². The van der Waals surface area contributed by atoms with Crippen LogP contribution in [-0.4, -0.2) is 33.5 Å². The summed E-state index contributed by atoms with van der Waals surface area (Å²) in [6.45, 7) is 4.51. The first-order chi connectivity index (χ1) is 42.7. The summed E-state index contributed by atoms with van der Waals surface area (Å²) in [4.78, 5) is 4.75. The number of aromatic nitrogens is 3. The van der Waals surface area contributed by atoms with Crippen molar-refractivity contribution in [1.82, 2.24) is 13.7 Å². The summed E-state index contributed by atoms with van der Waals surface area (Å²) in [5.41, 5.74) is 13.2. The van der Waals surface area contributed by atoms with Gasteiger partial charge in [0.2, 0.25) is 9.84 Å². The highest BCUT2D eigenvalue weighted by atomic mass is 32.2. The van der Waals surface area contributed by atoms with Gasteiger partial charge in [-0.3, -0.25) is 0 Å². The number of hydrogen-bond acceptors (Lipinski definition) is 6. The third kappa shape index (κ3) is 6.93. The summed E-state index contributed by atoms with van der Waals surface area (Å²) in [7, 11) is -5.16. The Hall–Kier alpha value is -10.5. The number of ether oxygens (including phenoxy) is 2. The topological polar surface area (TPSA) is 94.4 Å². The molecule has 18 rings (SSSR count). The lowest BCUT2D eigenvalue weighted by Crippen LogP contribution is -2.34. The van der Waals surface area contributed by atoms with E-state index in [1.807, 2.05) is 12.1 Å². The number of rotatable bonds is 6. The van der Waals surface area contributed by atoms with E-state index >= 15 is 8.42 Å². The van der Waals surface area contributed by atoms with Crippen molar-refractivity contribution in [3.8, 4) is 40.4 Å². The fourth-order valence-electron chi connectivity index (χ4n) is 14.8. The van der Waals surface area contributed by atoms with Crippen molar-refractivity contribution in [2.75, 3.05) is 4.90 Å². The monoisotopic (exact) mass is 1160 g/mol. The molecule has 87 heavy (non-hydrogen) atoms. The van der Waals surface area contributed by atoms with Crippen LogP contribution in [0.25, 0.3) is 82.5 Å². The van der Waals surface area contributed by atoms with Gasteiger partial charge in [-0.1, -0.05) is 153 Å². The average Bonchev–Trinajstić information content (AvgIpc) is 1.54. The first kappa shape index (κ1) is 49.9. The number of sulfone groups is 1. The van der Waals surface area contributed by atoms with Crippen molar-refractivity contribution >= 4 is 103 Å². The highest BCUT2D eigenvalue weighted by molar-refractivity contribution is 8.18. The van der Waals surface area contributed by atoms with Crippen LogP contribution in [0, 0.1) is 11.3 Å². The van der Waals surface area contributed by atoms with Crippen LogP contribution in [0.4, 0.5) is 17.1 Å². The molecule has 0 radical (unpaired) electrons. The van der Waals surface area contributed by atoms with Crippen LogP contribution in [-0.2, 0) is 15.3 Å². The zero-order valence-corrected chi connectivity index (χ0v) is 48.8. The molecule has 9 nitrogen and oxygen atoms in total. The zero-order chi connectivity index (χ0) is 58.0. The second-order valence-electron chi connectivity index (χ2n) is 23.5. The predicted molar refractivity (Wildman–Crippen MR) is 351 cm³/mol. The van der Waals surface area contributed by atoms with Crippen molar-refractivity contribution in [3.05, 3.63) is 272 Å². The van der Waals surface area contributed by atoms with Gasteiger partial charge in [0, 0.05) is 71.8 Å². The van der Waals surface area contributed by atoms with Crippen LogP contribution in [0.3, 0.4) is 0 Å². The van der Waals surface area contributed by atoms with E-state index in [2.05, 4.69) is 257 Å². The maximum atomic E-state index is 15.7. The fourth-order valence-corrected chi connectivity index (χ4v) is 19.0. The zero-order valence-electron chi connectivity index (χ0n) is 47.1. The Morgan fingerprint density at radius 3 is 1.61 bits per heavy atom. The molecule has 0 fully saturated rings. The van der Waals surface area contributed by atoms with Crippen LogP contribution in [0.5, 0.6) is 17.2 Å². The minimum absolute atomic E-state index is 0.0894. The molecule has 0 amide bonds. The molecule has 3 aliphatic heterocycles. The maximum Gasteiger partial charge on any atom is 0.206 e. The highest BCUT2D eigenvalue weighted by Crippen LogP contribution is 2.67. The molecule has 4 aliphatic rings. The minimum Gasteiger partial charge on any atom is -0.484 e. The van der Waals surface area contributed by atoms with Gasteiger partial charge in [-0.05, 0) is 114 Å². The summed E-state index contributed by atoms with van der Waals surface area (Å²) in [5.74, 6) is 2.47. The summed E-state index contributed by atoms with van der Waals surface area (Å²) < 4.78 is 52.8. The predicted octanol–water partition coefficient (Wildman–Crippen LogP) is 18.6. The first-order valence-electron chi connectivity index (χ1n) is 29.3. The average molecular weight is 1160 g/mol. The molecule has 14 aromatic rings. The van der Waals surface area contributed by atoms with Crippen molar-refractivity contribution in [1.29, 1.82) is 5.26 Å². The Morgan fingerprint density at radius 2 is 0.989 bits per heavy atom. The smallest absolute Gasteiger partial charge is 0.206 e. The molecular weight excluding hydrogens is 1110 g/mol. The molecule has 3 aromatic heterocycles. The lowest BCUT2D eigenvalue weighted by molar-refractivity contribution is 0.239. The lowest BCUT2D eigenvalue weighted by Gasteiger charge is -2.44. The van der Waals surface area contributed by atoms with E-state index in [0.717, 1.165) is 121 Å². The highest BCUT2D eigenvalue weighted by Gasteiger charge is 2.42. The summed E-state index contributed by atoms with van der Waals surface area (Å²) in [5, 5.41) is 16.2. The SMILES string of the molecule is CC1(C)c2ccccc2N(c2cc(-n3c4ccccc4c4c3c3c5ccccc5n(-c5ccccc5)c3c3c5ccccc5n(-c5cc6c7c(c5)OC5C=CC=CC5[SH]7c5ccccc5O6)c34)cc(S(=O)(=O)c3ccc(C#N)cc3)c2)c2ccccc21. The number of benzene rings is 11. The van der Waals surface area contributed by atoms with Gasteiger partial charge in [-0.25, -0.2) is 8.42 Å². The van der Waals surface area contributed by atoms with E-state index in [1.165, 1.54) is 4.90 Å². The molecule has 0 spiro atoms. The van der Waals surface area contributed by atoms with Gasteiger partial charge in [0.1, 0.15) is 23.4 Å². The Bertz CT molecular complexity index is 5520. The molecule has 0 saturated heterocycles. The van der Waals surface area contributed by atoms with Crippen LogP contribution in [0.2, 0.25) is 0 Å². The lowest BCUT2D eigenvalue weighted by atomic mass is 9.73. The standard InChI is InChI=1S/C76H51N5O4S2/c1-76(2)56-25-9-14-30-61(56)78(62-31-15-10-26-57(62)76)48-40-49(42-52(41-48)87(82,83)51-38-36-46(45-77)37-39-51)80-59-28-12-7-23-54(59)71-73(80)69-53-22-6-11-27-58(53)79(47-20-4-3-5-21-47)72(69)70-55-24-8-13-29-60(55)81(74(70)71)50-43-65-75-66(44-50)85-64-33-17-19-35-68(64)86(75)67-34-18-16-32-63(67)84-65/h3-44,63,67,86H,1-2H3. The number of hydrogen-bond donors (Lipinski definition) is 1. The van der Waals surface area contributed by atoms with E-state index in [0.29, 0.717) is 16.9 Å². The maximum absolute atomic E-state index is 15.7. The van der Waals surface area contributed by atoms with E-state index in [-0.39, 0.29) is 26.6 Å². The number of fused-ring (bicyclic) bond motifs is 18. The molecule has 0 N–H and O–H groups in total. The Labute approximate surface area is 504 Å². The summed E-state index contributed by atoms with van der Waals surface area (Å²) in [6.07, 6.45) is 8.59. The summed E-state index contributed by atoms with van der Waals surface area (Å²) >= 11 is 0. The van der Waals surface area contributed by atoms with Crippen molar-refractivity contribution in [2.24, 2.45) is 0 Å². The molecular formula is C76H51N5O4S2. The molecule has 11 aromatic carbocycles. The largest absolute Gasteiger partial charge is 0.484 e. The van der Waals surface area contributed by atoms with Crippen molar-refractivity contribution in [3.63, 3.8) is 0 Å². The fraction of sp³-hybridized carbons (Fsp3) is 0.0658. The number of nitrogens with zero attached hydrogens (tertiary/aromatic N) is 5. The Morgan fingerprint density at radius 1 is 0.483 bits per heavy atom. The third-order valence-corrected chi connectivity index (χ3v) is 23.1. The number of anilines is 3. The van der Waals surface area contributed by atoms with E-state index in [4.69, 9.17) is 9.47 Å². The Kier molecular flexibility index (Phi) is 10.5. The van der Waals surface area contributed by atoms with E-state index in [1.54, 1.807) is 24.3 Å². The molecule has 3 atom stereocenters. The van der Waals surface area contributed by atoms with E-state index in [9.17, 15) is 5.26 Å². The number of thiol groups is 1. The van der Waals surface area contributed by atoms with Gasteiger partial charge >= 0.3 is 0 Å². The molecule has 6 heterocycles. The number of nitriles is 1. The van der Waals surface area contributed by atoms with Gasteiger partial charge in [0.15, 0.2) is 0 Å². The van der Waals surface area contributed by atoms with Gasteiger partial charge in [-0.15, -0.1) is 0 Å². The first-order valence-corrected chi connectivity index (χ1v) is 32.2. The molecule has 11 heteroatoms. The van der Waals surface area contributed by atoms with E-state index < -0.39 is 20.7 Å². The van der Waals surface area contributed by atoms with Crippen molar-refractivity contribution < 1.29 is 17.9 Å². The second-order valence-corrected chi connectivity index (χ2v) is 27.7. The second kappa shape index (κ2) is 18.3. The molecule has 416 valence electrons. The van der Waals surface area contributed by atoms with Gasteiger partial charge in [0.05, 0.1) is 81.7 Å². The third-order valence-electron chi connectivity index (χ3n) is 18.5. The minimum atomic E-state index is -4.25. The molecule has 3 unspecified atom stereocenters. The normalized spacial score (nSPS) is 17.4. The van der Waals surface area contributed by atoms with Crippen LogP contribution < -0.4 is 14.4 Å². The molecule has 1 aliphatic carbocycles. The Balaban J connectivity index is 1.02. The van der Waals surface area contributed by atoms with Crippen LogP contribution in [0.1, 0.15) is 30.5 Å². The quantitative estimate of drug-likeness (QED) is 0.167. The molecule has 0 bridgehead atoms.